The van der Waals surface area contributed by atoms with Gasteiger partial charge in [-0.25, -0.2) is 0 Å². The van der Waals surface area contributed by atoms with Crippen molar-refractivity contribution in [1.82, 2.24) is 15.0 Å². The number of aromatic nitrogens is 3. The van der Waals surface area contributed by atoms with Gasteiger partial charge >= 0.3 is 0 Å². The molecule has 1 saturated heterocycles. The predicted molar refractivity (Wildman–Crippen MR) is 181 cm³/mol. The maximum atomic E-state index is 14.6. The van der Waals surface area contributed by atoms with Crippen LogP contribution in [0.25, 0.3) is 0 Å². The van der Waals surface area contributed by atoms with E-state index in [1.54, 1.807) is 9.58 Å². The lowest BCUT2D eigenvalue weighted by atomic mass is 9.82. The monoisotopic (exact) mass is 742 g/mol. The zero-order chi connectivity index (χ0) is 31.2. The fourth-order valence-electron chi connectivity index (χ4n) is 7.19. The predicted octanol–water partition coefficient (Wildman–Crippen LogP) is 6.10. The molecule has 1 aromatic heterocycles. The number of benzene rings is 3. The first kappa shape index (κ1) is 31.4. The molecule has 1 fully saturated rings. The van der Waals surface area contributed by atoms with E-state index in [2.05, 4.69) is 39.0 Å². The number of hydrogen-bond acceptors (Lipinski definition) is 6. The maximum absolute atomic E-state index is 14.6. The minimum absolute atomic E-state index is 0.0798. The van der Waals surface area contributed by atoms with Crippen LogP contribution in [0.15, 0.2) is 79.0 Å². The minimum atomic E-state index is -2.82. The number of hydrogen-bond donors (Lipinski definition) is 2. The second-order valence-electron chi connectivity index (χ2n) is 12.4. The van der Waals surface area contributed by atoms with Crippen LogP contribution in [-0.4, -0.2) is 51.8 Å². The van der Waals surface area contributed by atoms with Gasteiger partial charge in [0.05, 0.1) is 36.6 Å². The van der Waals surface area contributed by atoms with Crippen LogP contribution in [-0.2, 0) is 28.2 Å². The molecule has 44 heavy (non-hydrogen) atoms. The summed E-state index contributed by atoms with van der Waals surface area (Å²) in [5, 5.41) is 19.4. The topological polar surface area (TPSA) is 101 Å². The van der Waals surface area contributed by atoms with E-state index in [4.69, 9.17) is 16.3 Å². The number of carbonyl (C=O) groups is 1. The molecule has 3 heterocycles. The Balaban J connectivity index is 1.30. The van der Waals surface area contributed by atoms with Gasteiger partial charge in [-0.05, 0) is 83.6 Å². The Morgan fingerprint density at radius 3 is 2.59 bits per heavy atom. The van der Waals surface area contributed by atoms with Crippen LogP contribution >= 0.6 is 34.2 Å². The second-order valence-corrected chi connectivity index (χ2v) is 18.0. The average Bonchev–Trinajstić information content (AvgIpc) is 3.63. The molecule has 0 bridgehead atoms. The van der Waals surface area contributed by atoms with Crippen molar-refractivity contribution in [2.24, 2.45) is 5.92 Å². The third-order valence-corrected chi connectivity index (χ3v) is 12.5. The van der Waals surface area contributed by atoms with Crippen molar-refractivity contribution in [2.75, 3.05) is 11.5 Å². The highest BCUT2D eigenvalue weighted by Crippen LogP contribution is 2.60. The highest BCUT2D eigenvalue weighted by Gasteiger charge is 2.66. The number of aliphatic hydroxyl groups excluding tert-OH is 1. The molecule has 3 aromatic carbocycles. The van der Waals surface area contributed by atoms with Crippen LogP contribution in [0.3, 0.4) is 0 Å². The summed E-state index contributed by atoms with van der Waals surface area (Å²) in [7, 11) is -2.82. The molecule has 5 atom stereocenters. The number of nitrogens with zero attached hydrogens (tertiary/aromatic N) is 4. The lowest BCUT2D eigenvalue weighted by Crippen LogP contribution is -2.46. The van der Waals surface area contributed by atoms with Crippen LogP contribution in [0.2, 0.25) is 23.7 Å². The standard InChI is InChI=1S/C33H36ClIN4O4Si/c1-21-31(44(2,3)42)30(14-15-38-19-28(36-37-38)26(20-40)23-9-5-4-6-10-23)43-33(21)27-17-24(34)12-13-29(27)39(32(33)41)18-22-8-7-11-25(35)16-22/h4-13,16-17,19,21,26,30-31,40,42H,14-15,18,20H2,1-3H3/t21-,26?,30+,31-,33+/m1/s1. The normalized spacial score (nSPS) is 23.8. The van der Waals surface area contributed by atoms with Gasteiger partial charge < -0.3 is 19.5 Å². The van der Waals surface area contributed by atoms with Crippen molar-refractivity contribution >= 4 is 54.1 Å². The van der Waals surface area contributed by atoms with E-state index in [-0.39, 0.29) is 36.0 Å². The molecule has 6 rings (SSSR count). The number of amides is 1. The van der Waals surface area contributed by atoms with E-state index in [9.17, 15) is 14.7 Å². The zero-order valence-corrected chi connectivity index (χ0v) is 28.8. The Kier molecular flexibility index (Phi) is 8.77. The van der Waals surface area contributed by atoms with E-state index in [0.29, 0.717) is 30.2 Å². The van der Waals surface area contributed by atoms with E-state index < -0.39 is 13.9 Å². The molecule has 2 aliphatic heterocycles. The summed E-state index contributed by atoms with van der Waals surface area (Å²) in [5.41, 5.74) is 2.76. The number of aliphatic hydroxyl groups is 1. The SMILES string of the molecule is C[C@@H]1[C@@H]([Si](C)(C)O)[C@H](CCn2cc(C(CO)c3ccccc3)nn2)O[C@@]12C(=O)N(Cc1cccc(I)c1)c1ccc(Cl)cc12. The van der Waals surface area contributed by atoms with Gasteiger partial charge in [0.15, 0.2) is 13.9 Å². The number of ether oxygens (including phenoxy) is 1. The zero-order valence-electron chi connectivity index (χ0n) is 24.9. The number of halogens is 2. The van der Waals surface area contributed by atoms with Gasteiger partial charge in [-0.1, -0.05) is 66.2 Å². The van der Waals surface area contributed by atoms with Crippen molar-refractivity contribution in [3.63, 3.8) is 0 Å². The van der Waals surface area contributed by atoms with Crippen LogP contribution in [0.5, 0.6) is 0 Å². The average molecular weight is 743 g/mol. The van der Waals surface area contributed by atoms with Crippen LogP contribution in [0, 0.1) is 9.49 Å². The molecule has 0 saturated carbocycles. The molecular formula is C33H36ClIN4O4Si. The largest absolute Gasteiger partial charge is 0.432 e. The quantitative estimate of drug-likeness (QED) is 0.159. The summed E-state index contributed by atoms with van der Waals surface area (Å²) in [4.78, 5) is 28.0. The highest BCUT2D eigenvalue weighted by atomic mass is 127. The Morgan fingerprint density at radius 1 is 1.11 bits per heavy atom. The molecule has 2 N–H and O–H groups in total. The van der Waals surface area contributed by atoms with E-state index in [1.807, 2.05) is 92.9 Å². The highest BCUT2D eigenvalue weighted by molar-refractivity contribution is 14.1. The van der Waals surface area contributed by atoms with Crippen LogP contribution in [0.1, 0.15) is 41.6 Å². The van der Waals surface area contributed by atoms with Gasteiger partial charge in [-0.15, -0.1) is 5.10 Å². The third-order valence-electron chi connectivity index (χ3n) is 9.12. The lowest BCUT2D eigenvalue weighted by molar-refractivity contribution is -0.146. The van der Waals surface area contributed by atoms with E-state index >= 15 is 0 Å². The first-order valence-corrected chi connectivity index (χ1v) is 19.3. The van der Waals surface area contributed by atoms with Gasteiger partial charge in [-0.3, -0.25) is 9.48 Å². The first-order valence-electron chi connectivity index (χ1n) is 14.9. The number of carbonyl (C=O) groups excluding carboxylic acids is 1. The van der Waals surface area contributed by atoms with Gasteiger partial charge in [0.2, 0.25) is 0 Å². The fraction of sp³-hybridized carbons (Fsp3) is 0.364. The van der Waals surface area contributed by atoms with Crippen LogP contribution < -0.4 is 4.90 Å². The van der Waals surface area contributed by atoms with Gasteiger partial charge in [0.1, 0.15) is 0 Å². The molecule has 1 unspecified atom stereocenters. The summed E-state index contributed by atoms with van der Waals surface area (Å²) in [6.45, 7) is 6.69. The van der Waals surface area contributed by atoms with E-state index in [0.717, 1.165) is 25.9 Å². The molecule has 230 valence electrons. The maximum Gasteiger partial charge on any atom is 0.264 e. The third kappa shape index (κ3) is 5.65. The van der Waals surface area contributed by atoms with Crippen molar-refractivity contribution in [3.05, 3.63) is 110 Å². The molecule has 2 aliphatic rings. The molecule has 11 heteroatoms. The molecular weight excluding hydrogens is 707 g/mol. The van der Waals surface area contributed by atoms with E-state index in [1.165, 1.54) is 0 Å². The van der Waals surface area contributed by atoms with Gasteiger partial charge in [0.25, 0.3) is 5.91 Å². The molecule has 1 spiro atoms. The smallest absolute Gasteiger partial charge is 0.264 e. The summed E-state index contributed by atoms with van der Waals surface area (Å²) in [6.07, 6.45) is 2.00. The molecule has 0 radical (unpaired) electrons. The molecule has 1 amide bonds. The lowest BCUT2D eigenvalue weighted by Gasteiger charge is -2.32. The van der Waals surface area contributed by atoms with Crippen molar-refractivity contribution < 1.29 is 19.4 Å². The van der Waals surface area contributed by atoms with Gasteiger partial charge in [0, 0.05) is 38.4 Å². The van der Waals surface area contributed by atoms with Gasteiger partial charge in [-0.2, -0.15) is 0 Å². The number of aryl methyl sites for hydroxylation is 1. The Morgan fingerprint density at radius 2 is 1.89 bits per heavy atom. The second kappa shape index (κ2) is 12.3. The summed E-state index contributed by atoms with van der Waals surface area (Å²) in [6, 6.07) is 23.4. The molecule has 4 aromatic rings. The number of fused-ring (bicyclic) bond motifs is 2. The van der Waals surface area contributed by atoms with Crippen molar-refractivity contribution in [3.8, 4) is 0 Å². The fourth-order valence-corrected chi connectivity index (χ4v) is 10.6. The Labute approximate surface area is 277 Å². The molecule has 8 nitrogen and oxygen atoms in total. The Bertz CT molecular complexity index is 1660. The van der Waals surface area contributed by atoms with Crippen LogP contribution in [0.4, 0.5) is 5.69 Å². The summed E-state index contributed by atoms with van der Waals surface area (Å²) in [5.74, 6) is -0.680. The summed E-state index contributed by atoms with van der Waals surface area (Å²) >= 11 is 8.82. The Hall–Kier alpha value is -2.61. The summed E-state index contributed by atoms with van der Waals surface area (Å²) < 4.78 is 9.79. The first-order chi connectivity index (χ1) is 21.0. The number of anilines is 1. The van der Waals surface area contributed by atoms with Crippen molar-refractivity contribution in [2.45, 2.75) is 62.7 Å². The number of rotatable bonds is 9. The minimum Gasteiger partial charge on any atom is -0.432 e. The van der Waals surface area contributed by atoms with Crippen molar-refractivity contribution in [1.29, 1.82) is 0 Å². The molecule has 0 aliphatic carbocycles.